The zero-order valence-electron chi connectivity index (χ0n) is 24.2. The number of piperidine rings is 2. The van der Waals surface area contributed by atoms with Crippen molar-refractivity contribution in [3.63, 3.8) is 0 Å². The maximum absolute atomic E-state index is 14.0. The van der Waals surface area contributed by atoms with Crippen molar-refractivity contribution in [3.8, 4) is 5.75 Å². The number of carbonyl (C=O) groups excluding carboxylic acids is 2. The molecule has 0 aromatic heterocycles. The number of amides is 2. The third-order valence-corrected chi connectivity index (χ3v) is 10.1. The molecule has 3 aliphatic rings. The topological polar surface area (TPSA) is 129 Å². The second-order valence-electron chi connectivity index (χ2n) is 11.7. The minimum Gasteiger partial charge on any atom is -0.390 e. The summed E-state index contributed by atoms with van der Waals surface area (Å²) in [5.74, 6) is -1.93. The van der Waals surface area contributed by atoms with Crippen LogP contribution in [0.1, 0.15) is 65.2 Å². The lowest BCUT2D eigenvalue weighted by molar-refractivity contribution is -0.124. The van der Waals surface area contributed by atoms with E-state index < -0.39 is 38.6 Å². The van der Waals surface area contributed by atoms with Gasteiger partial charge in [0.25, 0.3) is 11.8 Å². The predicted molar refractivity (Wildman–Crippen MR) is 156 cm³/mol. The van der Waals surface area contributed by atoms with Crippen molar-refractivity contribution in [3.05, 3.63) is 69.4 Å². The van der Waals surface area contributed by atoms with Crippen LogP contribution in [0.3, 0.4) is 0 Å². The molecule has 2 N–H and O–H groups in total. The predicted octanol–water partition coefficient (Wildman–Crippen LogP) is 3.40. The van der Waals surface area contributed by atoms with Gasteiger partial charge in [0.2, 0.25) is 15.8 Å². The molecule has 2 saturated heterocycles. The fourth-order valence-electron chi connectivity index (χ4n) is 5.79. The molecule has 2 aromatic rings. The summed E-state index contributed by atoms with van der Waals surface area (Å²) in [6.45, 7) is 6.45. The average Bonchev–Trinajstić information content (AvgIpc) is 3.27. The van der Waals surface area contributed by atoms with Crippen LogP contribution in [-0.4, -0.2) is 77.7 Å². The molecule has 2 amide bonds. The summed E-state index contributed by atoms with van der Waals surface area (Å²) in [5.41, 5.74) is 1.00. The number of amidine groups is 1. The summed E-state index contributed by atoms with van der Waals surface area (Å²) in [4.78, 5) is 35.6. The van der Waals surface area contributed by atoms with Crippen molar-refractivity contribution < 1.29 is 37.0 Å². The number of rotatable bonds is 6. The highest BCUT2D eigenvalue weighted by Crippen LogP contribution is 2.33. The number of carbonyl (C=O) groups is 2. The normalized spacial score (nSPS) is 20.4. The molecule has 230 valence electrons. The Bertz CT molecular complexity index is 1600. The van der Waals surface area contributed by atoms with Gasteiger partial charge in [-0.2, -0.15) is 4.31 Å². The first kappa shape index (κ1) is 30.8. The molecule has 13 heteroatoms. The Morgan fingerprint density at radius 2 is 1.70 bits per heavy atom. The molecule has 2 fully saturated rings. The van der Waals surface area contributed by atoms with E-state index in [0.29, 0.717) is 37.1 Å². The molecule has 0 bridgehead atoms. The molecule has 0 atom stereocenters. The van der Waals surface area contributed by atoms with Crippen molar-refractivity contribution in [2.45, 2.75) is 57.6 Å². The number of nitrogens with zero attached hydrogens (tertiary/aromatic N) is 3. The van der Waals surface area contributed by atoms with E-state index in [9.17, 15) is 32.0 Å². The van der Waals surface area contributed by atoms with E-state index in [4.69, 9.17) is 0 Å². The van der Waals surface area contributed by atoms with Gasteiger partial charge in [0.05, 0.1) is 5.60 Å². The van der Waals surface area contributed by atoms with E-state index >= 15 is 0 Å². The minimum atomic E-state index is -3.84. The van der Waals surface area contributed by atoms with Gasteiger partial charge in [-0.15, -0.1) is 0 Å². The number of nitrogens with one attached hydrogen (secondary N) is 1. The van der Waals surface area contributed by atoms with Crippen molar-refractivity contribution in [2.24, 2.45) is 4.99 Å². The highest BCUT2D eigenvalue weighted by atomic mass is 32.2. The zero-order chi connectivity index (χ0) is 31.2. The number of hydrogen-bond acceptors (Lipinski definition) is 7. The number of sulfonamides is 1. The molecule has 1 spiro atoms. The van der Waals surface area contributed by atoms with E-state index in [0.717, 1.165) is 28.7 Å². The lowest BCUT2D eigenvalue weighted by atomic mass is 9.89. The standard InChI is InChI=1S/C30H34F2N4O6S/c1-19-16-22(27(37)35-11-7-29(3,39)8-12-35)17-20(2)23(19)6-15-43(40,41)36-13-9-30(10-14-36)28(38)33-26(34-30)21-4-5-25(42-32)24(31)18-21/h4-6,15-18,39H,7-14H2,1-3H3,(H,33,34,38)/b15-6+. The van der Waals surface area contributed by atoms with Gasteiger partial charge >= 0.3 is 0 Å². The quantitative estimate of drug-likeness (QED) is 0.512. The lowest BCUT2D eigenvalue weighted by Gasteiger charge is -2.36. The van der Waals surface area contributed by atoms with Gasteiger partial charge in [-0.05, 0) is 99.6 Å². The number of aliphatic imine (C=N–C) groups is 1. The summed E-state index contributed by atoms with van der Waals surface area (Å²) in [7, 11) is -3.84. The smallest absolute Gasteiger partial charge is 0.253 e. The summed E-state index contributed by atoms with van der Waals surface area (Å²) >= 11 is 0. The molecular weight excluding hydrogens is 582 g/mol. The molecule has 0 aliphatic carbocycles. The van der Waals surface area contributed by atoms with Crippen molar-refractivity contribution in [2.75, 3.05) is 26.2 Å². The summed E-state index contributed by atoms with van der Waals surface area (Å²) in [6.07, 6.45) is 2.80. The van der Waals surface area contributed by atoms with Crippen molar-refractivity contribution in [1.82, 2.24) is 14.5 Å². The molecule has 3 aliphatic heterocycles. The lowest BCUT2D eigenvalue weighted by Crippen LogP contribution is -2.50. The van der Waals surface area contributed by atoms with Crippen LogP contribution in [0, 0.1) is 19.7 Å². The molecule has 43 heavy (non-hydrogen) atoms. The van der Waals surface area contributed by atoms with Gasteiger partial charge in [0.1, 0.15) is 11.4 Å². The van der Waals surface area contributed by atoms with E-state index in [1.54, 1.807) is 24.0 Å². The number of likely N-dealkylation sites (tertiary alicyclic amines) is 1. The molecule has 0 radical (unpaired) electrons. The third kappa shape index (κ3) is 6.20. The van der Waals surface area contributed by atoms with Crippen LogP contribution in [0.5, 0.6) is 5.75 Å². The second-order valence-corrected chi connectivity index (χ2v) is 13.5. The van der Waals surface area contributed by atoms with Crippen LogP contribution in [0.15, 0.2) is 40.7 Å². The number of hydrogen-bond donors (Lipinski definition) is 2. The highest BCUT2D eigenvalue weighted by Gasteiger charge is 2.47. The zero-order valence-corrected chi connectivity index (χ0v) is 25.0. The van der Waals surface area contributed by atoms with E-state index in [2.05, 4.69) is 15.3 Å². The highest BCUT2D eigenvalue weighted by molar-refractivity contribution is 7.92. The number of benzene rings is 2. The third-order valence-electron chi connectivity index (χ3n) is 8.55. The molecular formula is C30H34F2N4O6S. The van der Waals surface area contributed by atoms with Crippen LogP contribution >= 0.6 is 0 Å². The molecule has 3 heterocycles. The van der Waals surface area contributed by atoms with Gasteiger partial charge in [0.15, 0.2) is 5.82 Å². The fourth-order valence-corrected chi connectivity index (χ4v) is 6.96. The Hall–Kier alpha value is -3.68. The number of aryl methyl sites for hydroxylation is 2. The summed E-state index contributed by atoms with van der Waals surface area (Å²) in [5, 5.41) is 14.0. The molecule has 0 unspecified atom stereocenters. The van der Waals surface area contributed by atoms with Crippen molar-refractivity contribution in [1.29, 1.82) is 0 Å². The Morgan fingerprint density at radius 1 is 1.07 bits per heavy atom. The first-order chi connectivity index (χ1) is 20.2. The van der Waals surface area contributed by atoms with Gasteiger partial charge < -0.3 is 15.3 Å². The monoisotopic (exact) mass is 616 g/mol. The first-order valence-corrected chi connectivity index (χ1v) is 15.5. The molecule has 2 aromatic carbocycles. The fraction of sp³-hybridized carbons (Fsp3) is 0.433. The second kappa shape index (κ2) is 11.4. The maximum atomic E-state index is 14.0. The van der Waals surface area contributed by atoms with Gasteiger partial charge in [-0.3, -0.25) is 19.5 Å². The van der Waals surface area contributed by atoms with Crippen molar-refractivity contribution >= 4 is 33.7 Å². The Labute approximate surface area is 249 Å². The van der Waals surface area contributed by atoms with Gasteiger partial charge in [-0.25, -0.2) is 12.8 Å². The van der Waals surface area contributed by atoms with Crippen LogP contribution in [0.25, 0.3) is 6.08 Å². The Balaban J connectivity index is 1.26. The SMILES string of the molecule is Cc1cc(C(=O)N2CCC(C)(O)CC2)cc(C)c1/C=C/S(=O)(=O)N1CCC2(CC1)N=C(c1ccc(OF)c(F)c1)NC2=O. The van der Waals surface area contributed by atoms with Crippen LogP contribution in [0.2, 0.25) is 0 Å². The molecule has 0 saturated carbocycles. The largest absolute Gasteiger partial charge is 0.390 e. The Kier molecular flexibility index (Phi) is 8.18. The van der Waals surface area contributed by atoms with Crippen LogP contribution in [-0.2, 0) is 14.8 Å². The number of halogens is 2. The van der Waals surface area contributed by atoms with E-state index in [1.807, 2.05) is 13.8 Å². The average molecular weight is 617 g/mol. The molecule has 10 nitrogen and oxygen atoms in total. The van der Waals surface area contributed by atoms with E-state index in [-0.39, 0.29) is 43.2 Å². The van der Waals surface area contributed by atoms with Gasteiger partial charge in [-0.1, -0.05) is 0 Å². The van der Waals surface area contributed by atoms with E-state index in [1.165, 1.54) is 16.4 Å². The molecule has 5 rings (SSSR count). The maximum Gasteiger partial charge on any atom is 0.253 e. The number of aliphatic hydroxyl groups is 1. The Morgan fingerprint density at radius 3 is 2.28 bits per heavy atom. The van der Waals surface area contributed by atoms with Crippen LogP contribution < -0.4 is 10.3 Å². The van der Waals surface area contributed by atoms with Gasteiger partial charge in [0, 0.05) is 47.2 Å². The van der Waals surface area contributed by atoms with Crippen LogP contribution in [0.4, 0.5) is 8.92 Å². The summed E-state index contributed by atoms with van der Waals surface area (Å²) in [6, 6.07) is 6.95. The first-order valence-electron chi connectivity index (χ1n) is 14.0. The minimum absolute atomic E-state index is 0.0496. The summed E-state index contributed by atoms with van der Waals surface area (Å²) < 4.78 is 54.1.